The van der Waals surface area contributed by atoms with Crippen LogP contribution in [-0.2, 0) is 0 Å². The van der Waals surface area contributed by atoms with Crippen LogP contribution in [0.5, 0.6) is 0 Å². The molecule has 0 radical (unpaired) electrons. The summed E-state index contributed by atoms with van der Waals surface area (Å²) < 4.78 is 1.29. The predicted molar refractivity (Wildman–Crippen MR) is 172 cm³/mol. The lowest BCUT2D eigenvalue weighted by atomic mass is 10.0. The minimum absolute atomic E-state index is 0. The highest BCUT2D eigenvalue weighted by molar-refractivity contribution is 14.1. The Morgan fingerprint density at radius 1 is 0.606 bits per heavy atom. The molecule has 3 heteroatoms. The first-order valence-electron chi connectivity index (χ1n) is 10.3. The molecule has 172 valence electrons. The predicted octanol–water partition coefficient (Wildman–Crippen LogP) is 10.5. The van der Waals surface area contributed by atoms with Crippen LogP contribution >= 0.6 is 63.5 Å². The highest BCUT2D eigenvalue weighted by Crippen LogP contribution is 2.16. The van der Waals surface area contributed by atoms with Gasteiger partial charge in [0.25, 0.3) is 0 Å². The Bertz CT molecular complexity index is 1050. The number of halogens is 3. The van der Waals surface area contributed by atoms with E-state index in [1.165, 1.54) is 25.8 Å². The van der Waals surface area contributed by atoms with E-state index in [4.69, 9.17) is 0 Å². The standard InChI is InChI=1S/C15H14.C9H10.C6H5I.BrH.HI/c1-13(15-10-6-3-7-11-15)12-14-8-4-2-5-9-14;1-8(2)9-6-4-3-5-7-9;7-6-4-2-1-3-5-6;;/h2-12H,1H3;3-7H,1H2,2H3;1-5H;2*1H. The van der Waals surface area contributed by atoms with Gasteiger partial charge in [0.2, 0.25) is 0 Å². The van der Waals surface area contributed by atoms with Crippen LogP contribution < -0.4 is 0 Å². The fourth-order valence-electron chi connectivity index (χ4n) is 2.72. The molecule has 4 rings (SSSR count). The van der Waals surface area contributed by atoms with E-state index < -0.39 is 0 Å². The van der Waals surface area contributed by atoms with E-state index in [1.807, 2.05) is 55.5 Å². The Balaban J connectivity index is 0.000000491. The molecule has 0 spiro atoms. The number of hydrogen-bond acceptors (Lipinski definition) is 0. The molecule has 0 saturated heterocycles. The highest BCUT2D eigenvalue weighted by atomic mass is 127. The molecule has 0 aliphatic heterocycles. The minimum atomic E-state index is 0. The van der Waals surface area contributed by atoms with Crippen molar-refractivity contribution in [1.29, 1.82) is 0 Å². The molecular formula is C30H31BrI2. The first kappa shape index (κ1) is 31.3. The lowest BCUT2D eigenvalue weighted by molar-refractivity contribution is 1.57. The fourth-order valence-corrected chi connectivity index (χ4v) is 3.14. The Morgan fingerprint density at radius 3 is 1.30 bits per heavy atom. The van der Waals surface area contributed by atoms with Gasteiger partial charge in [-0.3, -0.25) is 0 Å². The quantitative estimate of drug-likeness (QED) is 0.146. The summed E-state index contributed by atoms with van der Waals surface area (Å²) in [6.07, 6.45) is 2.20. The van der Waals surface area contributed by atoms with Gasteiger partial charge in [-0.15, -0.1) is 41.0 Å². The maximum atomic E-state index is 3.83. The topological polar surface area (TPSA) is 0 Å². The molecule has 0 fully saturated rings. The summed E-state index contributed by atoms with van der Waals surface area (Å²) in [4.78, 5) is 0. The summed E-state index contributed by atoms with van der Waals surface area (Å²) in [6, 6.07) is 41.2. The second-order valence-electron chi connectivity index (χ2n) is 7.05. The van der Waals surface area contributed by atoms with Crippen LogP contribution in [0.25, 0.3) is 17.2 Å². The summed E-state index contributed by atoms with van der Waals surface area (Å²) in [6.45, 7) is 7.98. The fraction of sp³-hybridized carbons (Fsp3) is 0.0667. The van der Waals surface area contributed by atoms with Gasteiger partial charge in [-0.05, 0) is 70.8 Å². The van der Waals surface area contributed by atoms with E-state index in [9.17, 15) is 0 Å². The normalized spacial score (nSPS) is 9.48. The third kappa shape index (κ3) is 13.6. The zero-order chi connectivity index (χ0) is 22.3. The molecule has 0 atom stereocenters. The van der Waals surface area contributed by atoms with Crippen LogP contribution in [-0.4, -0.2) is 0 Å². The van der Waals surface area contributed by atoms with Gasteiger partial charge in [-0.25, -0.2) is 0 Å². The first-order chi connectivity index (χ1) is 15.1. The molecule has 33 heavy (non-hydrogen) atoms. The monoisotopic (exact) mass is 724 g/mol. The Kier molecular flexibility index (Phi) is 17.7. The van der Waals surface area contributed by atoms with Crippen molar-refractivity contribution in [3.63, 3.8) is 0 Å². The van der Waals surface area contributed by atoms with E-state index in [0.717, 1.165) is 5.57 Å². The van der Waals surface area contributed by atoms with Crippen molar-refractivity contribution in [2.75, 3.05) is 0 Å². The van der Waals surface area contributed by atoms with Crippen molar-refractivity contribution in [1.82, 2.24) is 0 Å². The van der Waals surface area contributed by atoms with Crippen LogP contribution in [0.4, 0.5) is 0 Å². The second-order valence-corrected chi connectivity index (χ2v) is 8.29. The van der Waals surface area contributed by atoms with Crippen LogP contribution in [0.2, 0.25) is 0 Å². The van der Waals surface area contributed by atoms with Crippen LogP contribution in [0, 0.1) is 3.57 Å². The zero-order valence-electron chi connectivity index (χ0n) is 19.0. The van der Waals surface area contributed by atoms with Crippen LogP contribution in [0.1, 0.15) is 30.5 Å². The van der Waals surface area contributed by atoms with Gasteiger partial charge < -0.3 is 0 Å². The van der Waals surface area contributed by atoms with Crippen molar-refractivity contribution < 1.29 is 0 Å². The van der Waals surface area contributed by atoms with Crippen molar-refractivity contribution in [2.24, 2.45) is 0 Å². The average molecular weight is 725 g/mol. The molecule has 0 amide bonds. The molecule has 0 N–H and O–H groups in total. The second kappa shape index (κ2) is 18.7. The van der Waals surface area contributed by atoms with Crippen molar-refractivity contribution in [3.05, 3.63) is 148 Å². The molecule has 0 unspecified atom stereocenters. The van der Waals surface area contributed by atoms with Gasteiger partial charge >= 0.3 is 0 Å². The van der Waals surface area contributed by atoms with Gasteiger partial charge in [0.15, 0.2) is 0 Å². The Labute approximate surface area is 240 Å². The summed E-state index contributed by atoms with van der Waals surface area (Å²) in [5.41, 5.74) is 6.16. The summed E-state index contributed by atoms with van der Waals surface area (Å²) in [5.74, 6) is 0. The van der Waals surface area contributed by atoms with E-state index in [-0.39, 0.29) is 41.0 Å². The molecule has 0 aromatic heterocycles. The van der Waals surface area contributed by atoms with E-state index >= 15 is 0 Å². The van der Waals surface area contributed by atoms with Crippen LogP contribution in [0.3, 0.4) is 0 Å². The Morgan fingerprint density at radius 2 is 0.970 bits per heavy atom. The summed E-state index contributed by atoms with van der Waals surface area (Å²) in [7, 11) is 0. The smallest absolute Gasteiger partial charge is 0.0130 e. The molecule has 0 bridgehead atoms. The molecule has 0 heterocycles. The van der Waals surface area contributed by atoms with Crippen molar-refractivity contribution in [3.8, 4) is 0 Å². The molecule has 0 aliphatic carbocycles. The lowest BCUT2D eigenvalue weighted by Gasteiger charge is -2.01. The number of hydrogen-bond donors (Lipinski definition) is 0. The molecule has 0 aliphatic rings. The maximum Gasteiger partial charge on any atom is 0.0130 e. The minimum Gasteiger partial charge on any atom is -0.114 e. The highest BCUT2D eigenvalue weighted by Gasteiger charge is 1.93. The van der Waals surface area contributed by atoms with E-state index in [1.54, 1.807) is 0 Å². The van der Waals surface area contributed by atoms with Gasteiger partial charge in [0, 0.05) is 3.57 Å². The van der Waals surface area contributed by atoms with Crippen molar-refractivity contribution in [2.45, 2.75) is 13.8 Å². The third-order valence-corrected chi connectivity index (χ3v) is 5.13. The third-order valence-electron chi connectivity index (χ3n) is 4.41. The van der Waals surface area contributed by atoms with Gasteiger partial charge in [-0.1, -0.05) is 127 Å². The summed E-state index contributed by atoms with van der Waals surface area (Å²) in [5, 5.41) is 0. The SMILES string of the molecule is Br.C=C(C)c1ccccc1.CC(=Cc1ccccc1)c1ccccc1.I.Ic1ccccc1. The van der Waals surface area contributed by atoms with E-state index in [0.29, 0.717) is 0 Å². The lowest BCUT2D eigenvalue weighted by Crippen LogP contribution is -1.78. The number of allylic oxidation sites excluding steroid dienone is 2. The van der Waals surface area contributed by atoms with Gasteiger partial charge in [-0.2, -0.15) is 0 Å². The van der Waals surface area contributed by atoms with Crippen LogP contribution in [0.15, 0.2) is 128 Å². The molecule has 0 saturated carbocycles. The zero-order valence-corrected chi connectivity index (χ0v) is 25.2. The van der Waals surface area contributed by atoms with E-state index in [2.05, 4.69) is 115 Å². The van der Waals surface area contributed by atoms with Gasteiger partial charge in [0.05, 0.1) is 0 Å². The summed E-state index contributed by atoms with van der Waals surface area (Å²) >= 11 is 2.28. The van der Waals surface area contributed by atoms with Gasteiger partial charge in [0.1, 0.15) is 0 Å². The number of benzene rings is 4. The molecule has 4 aromatic carbocycles. The first-order valence-corrected chi connectivity index (χ1v) is 11.3. The molecular weight excluding hydrogens is 694 g/mol. The average Bonchev–Trinajstić information content (AvgIpc) is 2.82. The van der Waals surface area contributed by atoms with Crippen molar-refractivity contribution >= 4 is 80.8 Å². The Hall–Kier alpha value is -1.70. The molecule has 4 aromatic rings. The largest absolute Gasteiger partial charge is 0.114 e. The molecule has 0 nitrogen and oxygen atoms in total. The number of rotatable bonds is 3. The maximum absolute atomic E-state index is 3.83.